The lowest BCUT2D eigenvalue weighted by Crippen LogP contribution is -2.51. The van der Waals surface area contributed by atoms with E-state index in [0.717, 1.165) is 12.8 Å². The van der Waals surface area contributed by atoms with E-state index in [0.29, 0.717) is 25.9 Å². The van der Waals surface area contributed by atoms with Gasteiger partial charge in [-0.05, 0) is 12.8 Å². The van der Waals surface area contributed by atoms with Gasteiger partial charge in [-0.15, -0.1) is 0 Å². The van der Waals surface area contributed by atoms with Gasteiger partial charge in [0.1, 0.15) is 0 Å². The molecular formula is C10H21N3O3S. The molecule has 0 aromatic rings. The average Bonchev–Trinajstić information content (AvgIpc) is 2.28. The van der Waals surface area contributed by atoms with Gasteiger partial charge in [-0.1, -0.05) is 13.3 Å². The summed E-state index contributed by atoms with van der Waals surface area (Å²) in [5, 5.41) is 2.65. The Morgan fingerprint density at radius 3 is 2.76 bits per heavy atom. The maximum Gasteiger partial charge on any atom is 0.279 e. The second kappa shape index (κ2) is 6.32. The van der Waals surface area contributed by atoms with Crippen LogP contribution in [-0.4, -0.2) is 44.8 Å². The lowest BCUT2D eigenvalue weighted by molar-refractivity contribution is -0.122. The standard InChI is InChI=1S/C10H21N3O3S/c1-3-4-7-13(2)17(15,16)12-9-5-6-10(14)11-8-9/h9,12H,3-8H2,1-2H3,(H,11,14). The van der Waals surface area contributed by atoms with Gasteiger partial charge >= 0.3 is 0 Å². The van der Waals surface area contributed by atoms with E-state index < -0.39 is 10.2 Å². The molecule has 2 N–H and O–H groups in total. The van der Waals surface area contributed by atoms with Crippen LogP contribution in [0.15, 0.2) is 0 Å². The molecule has 6 nitrogen and oxygen atoms in total. The summed E-state index contributed by atoms with van der Waals surface area (Å²) in [6.45, 7) is 2.91. The van der Waals surface area contributed by atoms with E-state index in [1.807, 2.05) is 6.92 Å². The minimum absolute atomic E-state index is 0.0141. The van der Waals surface area contributed by atoms with Crippen LogP contribution in [-0.2, 0) is 15.0 Å². The molecule has 100 valence electrons. The number of unbranched alkanes of at least 4 members (excludes halogenated alkanes) is 1. The van der Waals surface area contributed by atoms with E-state index in [4.69, 9.17) is 0 Å². The minimum atomic E-state index is -3.42. The van der Waals surface area contributed by atoms with Gasteiger partial charge in [0.05, 0.1) is 0 Å². The van der Waals surface area contributed by atoms with Gasteiger partial charge in [0, 0.05) is 32.6 Å². The van der Waals surface area contributed by atoms with Crippen LogP contribution >= 0.6 is 0 Å². The van der Waals surface area contributed by atoms with Crippen molar-refractivity contribution in [3.05, 3.63) is 0 Å². The molecule has 0 aliphatic carbocycles. The van der Waals surface area contributed by atoms with Gasteiger partial charge in [-0.3, -0.25) is 4.79 Å². The van der Waals surface area contributed by atoms with E-state index in [-0.39, 0.29) is 11.9 Å². The Morgan fingerprint density at radius 2 is 2.24 bits per heavy atom. The topological polar surface area (TPSA) is 78.5 Å². The van der Waals surface area contributed by atoms with Crippen LogP contribution in [0, 0.1) is 0 Å². The molecule has 1 unspecified atom stereocenters. The maximum absolute atomic E-state index is 11.9. The molecule has 0 saturated carbocycles. The molecule has 1 saturated heterocycles. The molecule has 17 heavy (non-hydrogen) atoms. The summed E-state index contributed by atoms with van der Waals surface area (Å²) < 4.78 is 27.7. The Morgan fingerprint density at radius 1 is 1.53 bits per heavy atom. The van der Waals surface area contributed by atoms with E-state index in [1.165, 1.54) is 4.31 Å². The van der Waals surface area contributed by atoms with Crippen molar-refractivity contribution < 1.29 is 13.2 Å². The van der Waals surface area contributed by atoms with Gasteiger partial charge < -0.3 is 5.32 Å². The molecule has 0 aromatic heterocycles. The van der Waals surface area contributed by atoms with Crippen LogP contribution in [0.5, 0.6) is 0 Å². The number of hydrogen-bond donors (Lipinski definition) is 2. The Balaban J connectivity index is 2.45. The predicted octanol–water partition coefficient (Wildman–Crippen LogP) is -0.169. The summed E-state index contributed by atoms with van der Waals surface area (Å²) >= 11 is 0. The monoisotopic (exact) mass is 263 g/mol. The normalized spacial score (nSPS) is 21.6. The fraction of sp³-hybridized carbons (Fsp3) is 0.900. The molecule has 1 fully saturated rings. The van der Waals surface area contributed by atoms with E-state index >= 15 is 0 Å². The molecule has 1 heterocycles. The van der Waals surface area contributed by atoms with Crippen molar-refractivity contribution in [1.82, 2.24) is 14.3 Å². The van der Waals surface area contributed by atoms with E-state index in [1.54, 1.807) is 7.05 Å². The van der Waals surface area contributed by atoms with Gasteiger partial charge in [-0.25, -0.2) is 0 Å². The predicted molar refractivity (Wildman–Crippen MR) is 65.6 cm³/mol. The van der Waals surface area contributed by atoms with Crippen molar-refractivity contribution in [2.45, 2.75) is 38.6 Å². The summed E-state index contributed by atoms with van der Waals surface area (Å²) in [5.41, 5.74) is 0. The molecular weight excluding hydrogens is 242 g/mol. The van der Waals surface area contributed by atoms with Gasteiger partial charge in [0.2, 0.25) is 5.91 Å². The van der Waals surface area contributed by atoms with Gasteiger partial charge in [0.25, 0.3) is 10.2 Å². The first-order chi connectivity index (χ1) is 7.95. The third-order valence-corrected chi connectivity index (χ3v) is 4.45. The van der Waals surface area contributed by atoms with Crippen molar-refractivity contribution in [3.8, 4) is 0 Å². The molecule has 1 amide bonds. The number of rotatable bonds is 6. The quantitative estimate of drug-likeness (QED) is 0.698. The number of piperidine rings is 1. The van der Waals surface area contributed by atoms with Crippen molar-refractivity contribution in [3.63, 3.8) is 0 Å². The Bertz CT molecular complexity index is 346. The first-order valence-electron chi connectivity index (χ1n) is 5.96. The van der Waals surface area contributed by atoms with Crippen molar-refractivity contribution >= 4 is 16.1 Å². The van der Waals surface area contributed by atoms with Gasteiger partial charge in [0.15, 0.2) is 0 Å². The summed E-state index contributed by atoms with van der Waals surface area (Å²) in [7, 11) is -1.85. The second-order valence-electron chi connectivity index (χ2n) is 4.34. The van der Waals surface area contributed by atoms with Crippen LogP contribution in [0.2, 0.25) is 0 Å². The van der Waals surface area contributed by atoms with Crippen LogP contribution < -0.4 is 10.0 Å². The third-order valence-electron chi connectivity index (χ3n) is 2.82. The van der Waals surface area contributed by atoms with E-state index in [9.17, 15) is 13.2 Å². The highest BCUT2D eigenvalue weighted by atomic mass is 32.2. The zero-order valence-corrected chi connectivity index (χ0v) is 11.2. The molecule has 1 atom stereocenters. The summed E-state index contributed by atoms with van der Waals surface area (Å²) in [4.78, 5) is 11.0. The number of carbonyl (C=O) groups is 1. The molecule has 7 heteroatoms. The minimum Gasteiger partial charge on any atom is -0.355 e. The molecule has 1 rings (SSSR count). The number of carbonyl (C=O) groups excluding carboxylic acids is 1. The molecule has 0 spiro atoms. The number of nitrogens with zero attached hydrogens (tertiary/aromatic N) is 1. The van der Waals surface area contributed by atoms with Crippen molar-refractivity contribution in [2.75, 3.05) is 20.1 Å². The SMILES string of the molecule is CCCCN(C)S(=O)(=O)NC1CCC(=O)NC1. The lowest BCUT2D eigenvalue weighted by Gasteiger charge is -2.26. The Hall–Kier alpha value is -0.660. The number of nitrogens with one attached hydrogen (secondary N) is 2. The van der Waals surface area contributed by atoms with Crippen LogP contribution in [0.3, 0.4) is 0 Å². The summed E-state index contributed by atoms with van der Waals surface area (Å²) in [5.74, 6) is -0.0141. The Kier molecular flexibility index (Phi) is 5.35. The fourth-order valence-electron chi connectivity index (χ4n) is 1.63. The van der Waals surface area contributed by atoms with Crippen molar-refractivity contribution in [2.24, 2.45) is 0 Å². The summed E-state index contributed by atoms with van der Waals surface area (Å²) in [6, 6.07) is -0.193. The molecule has 0 bridgehead atoms. The zero-order chi connectivity index (χ0) is 12.9. The molecule has 1 aliphatic rings. The maximum atomic E-state index is 11.9. The van der Waals surface area contributed by atoms with Crippen molar-refractivity contribution in [1.29, 1.82) is 0 Å². The van der Waals surface area contributed by atoms with Gasteiger partial charge in [-0.2, -0.15) is 17.4 Å². The first kappa shape index (κ1) is 14.4. The average molecular weight is 263 g/mol. The van der Waals surface area contributed by atoms with Crippen LogP contribution in [0.1, 0.15) is 32.6 Å². The van der Waals surface area contributed by atoms with E-state index in [2.05, 4.69) is 10.0 Å². The highest BCUT2D eigenvalue weighted by Gasteiger charge is 2.25. The van der Waals surface area contributed by atoms with Crippen LogP contribution in [0.4, 0.5) is 0 Å². The third kappa shape index (κ3) is 4.61. The zero-order valence-electron chi connectivity index (χ0n) is 10.4. The highest BCUT2D eigenvalue weighted by molar-refractivity contribution is 7.87. The smallest absolute Gasteiger partial charge is 0.279 e. The number of hydrogen-bond acceptors (Lipinski definition) is 3. The Labute approximate surface area is 103 Å². The molecule has 0 radical (unpaired) electrons. The lowest BCUT2D eigenvalue weighted by atomic mass is 10.1. The molecule has 0 aromatic carbocycles. The highest BCUT2D eigenvalue weighted by Crippen LogP contribution is 2.06. The number of amides is 1. The second-order valence-corrected chi connectivity index (χ2v) is 6.15. The first-order valence-corrected chi connectivity index (χ1v) is 7.40. The largest absolute Gasteiger partial charge is 0.355 e. The summed E-state index contributed by atoms with van der Waals surface area (Å²) in [6.07, 6.45) is 2.75. The van der Waals surface area contributed by atoms with Crippen LogP contribution in [0.25, 0.3) is 0 Å². The fourth-order valence-corrected chi connectivity index (χ4v) is 2.81. The molecule has 1 aliphatic heterocycles.